The molecule has 0 radical (unpaired) electrons. The molecule has 2 unspecified atom stereocenters. The Kier molecular flexibility index (Phi) is 4.40. The highest BCUT2D eigenvalue weighted by molar-refractivity contribution is 7.99. The van der Waals surface area contributed by atoms with Gasteiger partial charge in [0.15, 0.2) is 0 Å². The maximum Gasteiger partial charge on any atom is 0.130 e. The third kappa shape index (κ3) is 3.19. The van der Waals surface area contributed by atoms with Gasteiger partial charge in [-0.3, -0.25) is 0 Å². The quantitative estimate of drug-likeness (QED) is 0.888. The van der Waals surface area contributed by atoms with Crippen molar-refractivity contribution in [2.45, 2.75) is 37.1 Å². The Labute approximate surface area is 105 Å². The van der Waals surface area contributed by atoms with Crippen molar-refractivity contribution < 1.29 is 8.78 Å². The van der Waals surface area contributed by atoms with E-state index in [0.29, 0.717) is 11.3 Å². The van der Waals surface area contributed by atoms with Gasteiger partial charge in [0.1, 0.15) is 11.6 Å². The molecule has 0 aromatic heterocycles. The summed E-state index contributed by atoms with van der Waals surface area (Å²) in [4.78, 5) is 0. The van der Waals surface area contributed by atoms with Gasteiger partial charge in [-0.1, -0.05) is 6.07 Å². The van der Waals surface area contributed by atoms with Gasteiger partial charge in [0.2, 0.25) is 0 Å². The van der Waals surface area contributed by atoms with E-state index in [2.05, 4.69) is 11.6 Å². The van der Waals surface area contributed by atoms with E-state index in [4.69, 9.17) is 0 Å². The van der Waals surface area contributed by atoms with Gasteiger partial charge in [-0.25, -0.2) is 8.78 Å². The summed E-state index contributed by atoms with van der Waals surface area (Å²) < 4.78 is 26.8. The van der Waals surface area contributed by atoms with Crippen molar-refractivity contribution in [3.8, 4) is 0 Å². The zero-order valence-electron chi connectivity index (χ0n) is 9.88. The second-order valence-corrected chi connectivity index (χ2v) is 5.59. The van der Waals surface area contributed by atoms with Gasteiger partial charge in [-0.05, 0) is 37.7 Å². The molecule has 0 saturated heterocycles. The van der Waals surface area contributed by atoms with E-state index in [1.165, 1.54) is 24.6 Å². The van der Waals surface area contributed by atoms with Crippen LogP contribution in [0.5, 0.6) is 0 Å². The molecule has 0 aliphatic heterocycles. The molecule has 0 bridgehead atoms. The van der Waals surface area contributed by atoms with Crippen LogP contribution in [0.1, 0.15) is 24.8 Å². The molecule has 1 aliphatic rings. The van der Waals surface area contributed by atoms with Gasteiger partial charge >= 0.3 is 0 Å². The molecule has 1 N–H and O–H groups in total. The number of hydrogen-bond acceptors (Lipinski definition) is 2. The summed E-state index contributed by atoms with van der Waals surface area (Å²) in [5.74, 6) is -0.922. The Bertz CT molecular complexity index is 363. The van der Waals surface area contributed by atoms with Crippen molar-refractivity contribution in [2.24, 2.45) is 0 Å². The lowest BCUT2D eigenvalue weighted by molar-refractivity contribution is 0.487. The molecule has 1 aromatic rings. The van der Waals surface area contributed by atoms with Crippen molar-refractivity contribution >= 4 is 11.8 Å². The summed E-state index contributed by atoms with van der Waals surface area (Å²) in [6.07, 6.45) is 5.50. The smallest absolute Gasteiger partial charge is 0.130 e. The Morgan fingerprint density at radius 1 is 1.29 bits per heavy atom. The van der Waals surface area contributed by atoms with Crippen molar-refractivity contribution in [3.63, 3.8) is 0 Å². The first-order chi connectivity index (χ1) is 8.20. The third-order valence-electron chi connectivity index (χ3n) is 3.35. The number of rotatable bonds is 4. The van der Waals surface area contributed by atoms with Crippen LogP contribution < -0.4 is 5.32 Å². The maximum atomic E-state index is 13.4. The summed E-state index contributed by atoms with van der Waals surface area (Å²) >= 11 is 1.88. The van der Waals surface area contributed by atoms with Crippen molar-refractivity contribution in [1.29, 1.82) is 0 Å². The first-order valence-electron chi connectivity index (χ1n) is 5.89. The standard InChI is InChI=1S/C13H17F2NS/c1-17-10-6-5-9(7-10)16-8-11-12(14)3-2-4-13(11)15/h2-4,9-10,16H,5-8H2,1H3. The van der Waals surface area contributed by atoms with Crippen LogP contribution in [0.15, 0.2) is 18.2 Å². The van der Waals surface area contributed by atoms with Crippen molar-refractivity contribution in [1.82, 2.24) is 5.32 Å². The second-order valence-electron chi connectivity index (χ2n) is 4.45. The van der Waals surface area contributed by atoms with E-state index in [-0.39, 0.29) is 12.1 Å². The third-order valence-corrected chi connectivity index (χ3v) is 4.44. The van der Waals surface area contributed by atoms with E-state index < -0.39 is 11.6 Å². The SMILES string of the molecule is CSC1CCC(NCc2c(F)cccc2F)C1. The first-order valence-corrected chi connectivity index (χ1v) is 7.18. The zero-order valence-corrected chi connectivity index (χ0v) is 10.7. The van der Waals surface area contributed by atoms with Gasteiger partial charge < -0.3 is 5.32 Å². The van der Waals surface area contributed by atoms with Gasteiger partial charge in [0.05, 0.1) is 0 Å². The van der Waals surface area contributed by atoms with Crippen molar-refractivity contribution in [3.05, 3.63) is 35.4 Å². The molecule has 2 atom stereocenters. The largest absolute Gasteiger partial charge is 0.310 e. The summed E-state index contributed by atoms with van der Waals surface area (Å²) in [6.45, 7) is 0.282. The molecule has 94 valence electrons. The van der Waals surface area contributed by atoms with E-state index in [9.17, 15) is 8.78 Å². The predicted molar refractivity (Wildman–Crippen MR) is 68.1 cm³/mol. The molecule has 1 aromatic carbocycles. The molecular weight excluding hydrogens is 240 g/mol. The number of nitrogens with one attached hydrogen (secondary N) is 1. The molecule has 0 amide bonds. The number of benzene rings is 1. The Morgan fingerprint density at radius 3 is 2.59 bits per heavy atom. The molecule has 1 fully saturated rings. The fourth-order valence-corrected chi connectivity index (χ4v) is 3.08. The molecule has 4 heteroatoms. The minimum absolute atomic E-state index is 0.153. The summed E-state index contributed by atoms with van der Waals surface area (Å²) in [7, 11) is 0. The molecule has 17 heavy (non-hydrogen) atoms. The van der Waals surface area contributed by atoms with Crippen molar-refractivity contribution in [2.75, 3.05) is 6.26 Å². The Balaban J connectivity index is 1.90. The van der Waals surface area contributed by atoms with Gasteiger partial charge in [-0.2, -0.15) is 11.8 Å². The van der Waals surface area contributed by atoms with Crippen LogP contribution in [0, 0.1) is 11.6 Å². The van der Waals surface area contributed by atoms with E-state index in [1.807, 2.05) is 11.8 Å². The molecule has 1 aliphatic carbocycles. The van der Waals surface area contributed by atoms with Crippen LogP contribution in [0.3, 0.4) is 0 Å². The normalized spacial score (nSPS) is 24.2. The van der Waals surface area contributed by atoms with Crippen LogP contribution in [0.2, 0.25) is 0 Å². The lowest BCUT2D eigenvalue weighted by Gasteiger charge is -2.13. The lowest BCUT2D eigenvalue weighted by Crippen LogP contribution is -2.27. The highest BCUT2D eigenvalue weighted by Crippen LogP contribution is 2.28. The lowest BCUT2D eigenvalue weighted by atomic mass is 10.1. The predicted octanol–water partition coefficient (Wildman–Crippen LogP) is 3.34. The number of thioether (sulfide) groups is 1. The number of halogens is 2. The van der Waals surface area contributed by atoms with Crippen LogP contribution in [0.4, 0.5) is 8.78 Å². The molecule has 2 rings (SSSR count). The van der Waals surface area contributed by atoms with Gasteiger partial charge in [0, 0.05) is 23.4 Å². The van der Waals surface area contributed by atoms with Crippen LogP contribution >= 0.6 is 11.8 Å². The minimum atomic E-state index is -0.461. The minimum Gasteiger partial charge on any atom is -0.310 e. The first kappa shape index (κ1) is 12.8. The van der Waals surface area contributed by atoms with E-state index in [1.54, 1.807) is 0 Å². The van der Waals surface area contributed by atoms with Gasteiger partial charge in [0.25, 0.3) is 0 Å². The van der Waals surface area contributed by atoms with Crippen LogP contribution in [0.25, 0.3) is 0 Å². The average Bonchev–Trinajstić information content (AvgIpc) is 2.76. The fraction of sp³-hybridized carbons (Fsp3) is 0.538. The molecule has 1 nitrogen and oxygen atoms in total. The summed E-state index contributed by atoms with van der Waals surface area (Å²) in [5, 5.41) is 3.94. The monoisotopic (exact) mass is 257 g/mol. The van der Waals surface area contributed by atoms with E-state index in [0.717, 1.165) is 12.8 Å². The fourth-order valence-electron chi connectivity index (χ4n) is 2.29. The molecular formula is C13H17F2NS. The summed E-state index contributed by atoms with van der Waals surface area (Å²) in [6, 6.07) is 4.40. The molecule has 0 spiro atoms. The zero-order chi connectivity index (χ0) is 12.3. The van der Waals surface area contributed by atoms with Crippen LogP contribution in [-0.2, 0) is 6.54 Å². The topological polar surface area (TPSA) is 12.0 Å². The van der Waals surface area contributed by atoms with Gasteiger partial charge in [-0.15, -0.1) is 0 Å². The highest BCUT2D eigenvalue weighted by Gasteiger charge is 2.23. The summed E-state index contributed by atoms with van der Waals surface area (Å²) in [5.41, 5.74) is 0.153. The second kappa shape index (κ2) is 5.83. The average molecular weight is 257 g/mol. The Hall–Kier alpha value is -0.610. The Morgan fingerprint density at radius 2 is 2.00 bits per heavy atom. The highest BCUT2D eigenvalue weighted by atomic mass is 32.2. The molecule has 1 saturated carbocycles. The van der Waals surface area contributed by atoms with Crippen LogP contribution in [-0.4, -0.2) is 17.5 Å². The number of hydrogen-bond donors (Lipinski definition) is 1. The maximum absolute atomic E-state index is 13.4. The van der Waals surface area contributed by atoms with E-state index >= 15 is 0 Å². The molecule has 0 heterocycles.